The van der Waals surface area contributed by atoms with Gasteiger partial charge in [-0.15, -0.1) is 10.2 Å². The number of anilines is 1. The van der Waals surface area contributed by atoms with Gasteiger partial charge in [0.05, 0.1) is 5.56 Å². The molecule has 0 bridgehead atoms. The maximum atomic E-state index is 14.2. The summed E-state index contributed by atoms with van der Waals surface area (Å²) in [7, 11) is 0. The Labute approximate surface area is 187 Å². The molecule has 2 aromatic carbocycles. The molecule has 0 spiro atoms. The highest BCUT2D eigenvalue weighted by Crippen LogP contribution is 2.30. The number of hydrogen-bond acceptors (Lipinski definition) is 6. The van der Waals surface area contributed by atoms with Crippen molar-refractivity contribution in [2.45, 2.75) is 19.8 Å². The number of halogens is 1. The molecule has 2 N–H and O–H groups in total. The number of unbranched alkanes of at least 4 members (excludes halogenated alkanes) is 1. The third-order valence-electron chi connectivity index (χ3n) is 4.52. The quantitative estimate of drug-likeness (QED) is 0.509. The summed E-state index contributed by atoms with van der Waals surface area (Å²) in [5.41, 5.74) is 0.952. The van der Waals surface area contributed by atoms with Crippen LogP contribution in [-0.2, 0) is 4.79 Å². The van der Waals surface area contributed by atoms with Crippen LogP contribution < -0.4 is 10.2 Å². The molecule has 0 fully saturated rings. The fourth-order valence-corrected chi connectivity index (χ4v) is 3.72. The normalized spacial score (nSPS) is 10.6. The number of aromatic nitrogens is 2. The maximum absolute atomic E-state index is 14.2. The van der Waals surface area contributed by atoms with Crippen molar-refractivity contribution in [3.05, 3.63) is 65.5 Å². The Morgan fingerprint density at radius 3 is 2.47 bits per heavy atom. The molecule has 0 unspecified atom stereocenters. The Balaban J connectivity index is 1.81. The first kappa shape index (κ1) is 23.0. The second kappa shape index (κ2) is 10.6. The smallest absolute Gasteiger partial charge is 0.322 e. The van der Waals surface area contributed by atoms with Gasteiger partial charge in [0.25, 0.3) is 11.8 Å². The van der Waals surface area contributed by atoms with E-state index in [-0.39, 0.29) is 5.56 Å². The molecule has 0 saturated carbocycles. The van der Waals surface area contributed by atoms with Gasteiger partial charge in [0.15, 0.2) is 0 Å². The van der Waals surface area contributed by atoms with Crippen LogP contribution in [-0.4, -0.2) is 46.2 Å². The summed E-state index contributed by atoms with van der Waals surface area (Å²) in [6.07, 6.45) is 1.56. The van der Waals surface area contributed by atoms with Crippen molar-refractivity contribution >= 4 is 34.3 Å². The highest BCUT2D eigenvalue weighted by atomic mass is 32.1. The number of nitrogens with one attached hydrogen (secondary N) is 1. The van der Waals surface area contributed by atoms with Gasteiger partial charge in [-0.25, -0.2) is 4.39 Å². The van der Waals surface area contributed by atoms with Gasteiger partial charge in [-0.3, -0.25) is 19.3 Å². The van der Waals surface area contributed by atoms with Gasteiger partial charge in [-0.1, -0.05) is 48.9 Å². The number of rotatable bonds is 9. The van der Waals surface area contributed by atoms with Gasteiger partial charge in [-0.2, -0.15) is 0 Å². The molecule has 0 aliphatic rings. The lowest BCUT2D eigenvalue weighted by atomic mass is 10.1. The summed E-state index contributed by atoms with van der Waals surface area (Å²) in [6.45, 7) is 1.90. The molecule has 1 aromatic heterocycles. The summed E-state index contributed by atoms with van der Waals surface area (Å²) >= 11 is 1.18. The van der Waals surface area contributed by atoms with E-state index in [2.05, 4.69) is 15.5 Å². The Morgan fingerprint density at radius 1 is 1.09 bits per heavy atom. The molecule has 3 rings (SSSR count). The largest absolute Gasteiger partial charge is 0.480 e. The van der Waals surface area contributed by atoms with E-state index in [0.29, 0.717) is 27.8 Å². The average molecular weight is 456 g/mol. The van der Waals surface area contributed by atoms with E-state index in [1.54, 1.807) is 30.3 Å². The first-order chi connectivity index (χ1) is 15.4. The van der Waals surface area contributed by atoms with E-state index in [1.165, 1.54) is 34.4 Å². The first-order valence-electron chi connectivity index (χ1n) is 9.91. The van der Waals surface area contributed by atoms with Gasteiger partial charge in [-0.05, 0) is 30.7 Å². The summed E-state index contributed by atoms with van der Waals surface area (Å²) < 4.78 is 14.2. The lowest BCUT2D eigenvalue weighted by Gasteiger charge is -2.19. The Morgan fingerprint density at radius 2 is 1.81 bits per heavy atom. The number of nitrogens with zero attached hydrogens (tertiary/aromatic N) is 3. The van der Waals surface area contributed by atoms with E-state index in [4.69, 9.17) is 5.11 Å². The van der Waals surface area contributed by atoms with Crippen LogP contribution >= 0.6 is 11.3 Å². The molecule has 166 valence electrons. The van der Waals surface area contributed by atoms with E-state index in [9.17, 15) is 18.8 Å². The number of aliphatic carboxylic acids is 1. The van der Waals surface area contributed by atoms with Crippen molar-refractivity contribution in [3.63, 3.8) is 0 Å². The van der Waals surface area contributed by atoms with Gasteiger partial charge in [0.1, 0.15) is 17.4 Å². The van der Waals surface area contributed by atoms with Gasteiger partial charge in [0, 0.05) is 17.7 Å². The molecule has 0 aliphatic carbocycles. The van der Waals surface area contributed by atoms with Crippen molar-refractivity contribution in [2.75, 3.05) is 18.0 Å². The number of carbonyl (C=O) groups excluding carboxylic acids is 2. The van der Waals surface area contributed by atoms with Crippen LogP contribution in [0, 0.1) is 5.82 Å². The van der Waals surface area contributed by atoms with Crippen molar-refractivity contribution in [2.24, 2.45) is 0 Å². The predicted molar refractivity (Wildman–Crippen MR) is 118 cm³/mol. The van der Waals surface area contributed by atoms with Crippen LogP contribution in [0.2, 0.25) is 0 Å². The minimum atomic E-state index is -1.13. The first-order valence-corrected chi connectivity index (χ1v) is 10.7. The lowest BCUT2D eigenvalue weighted by Crippen LogP contribution is -2.32. The molecule has 0 aliphatic heterocycles. The zero-order chi connectivity index (χ0) is 23.1. The monoisotopic (exact) mass is 456 g/mol. The van der Waals surface area contributed by atoms with Crippen molar-refractivity contribution in [1.82, 2.24) is 15.5 Å². The number of carbonyl (C=O) groups is 3. The van der Waals surface area contributed by atoms with Crippen LogP contribution in [0.4, 0.5) is 9.52 Å². The molecule has 0 atom stereocenters. The fourth-order valence-electron chi connectivity index (χ4n) is 2.84. The van der Waals surface area contributed by atoms with Crippen molar-refractivity contribution in [1.29, 1.82) is 0 Å². The maximum Gasteiger partial charge on any atom is 0.322 e. The zero-order valence-electron chi connectivity index (χ0n) is 17.2. The van der Waals surface area contributed by atoms with Gasteiger partial charge in [0.2, 0.25) is 5.13 Å². The second-order valence-corrected chi connectivity index (χ2v) is 7.79. The van der Waals surface area contributed by atoms with Gasteiger partial charge < -0.3 is 10.4 Å². The highest BCUT2D eigenvalue weighted by molar-refractivity contribution is 7.18. The Hall–Kier alpha value is -3.66. The molecular formula is C22H21FN4O4S. The summed E-state index contributed by atoms with van der Waals surface area (Å²) in [6, 6.07) is 12.2. The number of carboxylic acids is 1. The number of amides is 2. The van der Waals surface area contributed by atoms with E-state index >= 15 is 0 Å². The van der Waals surface area contributed by atoms with Gasteiger partial charge >= 0.3 is 5.97 Å². The molecule has 8 nitrogen and oxygen atoms in total. The second-order valence-electron chi connectivity index (χ2n) is 6.83. The lowest BCUT2D eigenvalue weighted by molar-refractivity contribution is -0.135. The third-order valence-corrected chi connectivity index (χ3v) is 5.52. The molecule has 3 aromatic rings. The van der Waals surface area contributed by atoms with Crippen LogP contribution in [0.3, 0.4) is 0 Å². The minimum absolute atomic E-state index is 0.0305. The van der Waals surface area contributed by atoms with Crippen LogP contribution in [0.5, 0.6) is 0 Å². The SMILES string of the molecule is CCCCN(C(=O)c1ccccc1F)c1nnc(-c2ccc(C(=O)NCC(=O)O)cc2)s1. The third kappa shape index (κ3) is 5.52. The summed E-state index contributed by atoms with van der Waals surface area (Å²) in [5, 5.41) is 20.1. The molecular weight excluding hydrogens is 435 g/mol. The zero-order valence-corrected chi connectivity index (χ0v) is 18.1. The van der Waals surface area contributed by atoms with Crippen LogP contribution in [0.25, 0.3) is 10.6 Å². The van der Waals surface area contributed by atoms with Crippen LogP contribution in [0.15, 0.2) is 48.5 Å². The summed E-state index contributed by atoms with van der Waals surface area (Å²) in [4.78, 5) is 36.9. The molecule has 1 heterocycles. The van der Waals surface area contributed by atoms with E-state index < -0.39 is 30.1 Å². The molecule has 0 radical (unpaired) electrons. The van der Waals surface area contributed by atoms with E-state index in [0.717, 1.165) is 12.8 Å². The minimum Gasteiger partial charge on any atom is -0.480 e. The van der Waals surface area contributed by atoms with E-state index in [1.807, 2.05) is 6.92 Å². The summed E-state index contributed by atoms with van der Waals surface area (Å²) in [5.74, 6) is -2.71. The molecule has 0 saturated heterocycles. The average Bonchev–Trinajstić information content (AvgIpc) is 3.28. The Bertz CT molecular complexity index is 1120. The predicted octanol–water partition coefficient (Wildman–Crippen LogP) is 3.61. The molecule has 10 heteroatoms. The highest BCUT2D eigenvalue weighted by Gasteiger charge is 2.23. The van der Waals surface area contributed by atoms with Crippen LogP contribution in [0.1, 0.15) is 40.5 Å². The number of hydrogen-bond donors (Lipinski definition) is 2. The number of carboxylic acid groups (broad SMARTS) is 1. The van der Waals surface area contributed by atoms with Crippen molar-refractivity contribution < 1.29 is 23.9 Å². The number of benzene rings is 2. The fraction of sp³-hybridized carbons (Fsp3) is 0.227. The topological polar surface area (TPSA) is 112 Å². The Kier molecular flexibility index (Phi) is 7.61. The molecule has 2 amide bonds. The molecule has 32 heavy (non-hydrogen) atoms. The standard InChI is InChI=1S/C22H21FN4O4S/c1-2-3-12-27(21(31)16-6-4-5-7-17(16)23)22-26-25-20(32-22)15-10-8-14(9-11-15)19(30)24-13-18(28)29/h4-11H,2-3,12-13H2,1H3,(H,24,30)(H,28,29). The van der Waals surface area contributed by atoms with Crippen molar-refractivity contribution in [3.8, 4) is 10.6 Å².